The molecule has 0 aliphatic rings. The fourth-order valence-electron chi connectivity index (χ4n) is 3.34. The molecule has 0 saturated carbocycles. The average Bonchev–Trinajstić information content (AvgIpc) is 3.34. The summed E-state index contributed by atoms with van der Waals surface area (Å²) >= 11 is 1.25. The van der Waals surface area contributed by atoms with Crippen LogP contribution in [0, 0.1) is 13.8 Å². The van der Waals surface area contributed by atoms with Crippen molar-refractivity contribution < 1.29 is 22.7 Å². The molecule has 0 aliphatic heterocycles. The predicted octanol–water partition coefficient (Wildman–Crippen LogP) is 3.21. The number of esters is 1. The molecule has 0 atom stereocenters. The van der Waals surface area contributed by atoms with Crippen molar-refractivity contribution in [3.63, 3.8) is 0 Å². The number of hydrogen-bond donors (Lipinski definition) is 2. The van der Waals surface area contributed by atoms with Gasteiger partial charge in [-0.05, 0) is 43.7 Å². The Labute approximate surface area is 200 Å². The van der Waals surface area contributed by atoms with Crippen LogP contribution in [0.1, 0.15) is 26.5 Å². The molecule has 0 aliphatic carbocycles. The van der Waals surface area contributed by atoms with E-state index < -0.39 is 28.5 Å². The molecule has 4 aromatic rings. The van der Waals surface area contributed by atoms with Crippen molar-refractivity contribution in [1.82, 2.24) is 9.78 Å². The summed E-state index contributed by atoms with van der Waals surface area (Å²) in [7, 11) is -3.90. The quantitative estimate of drug-likeness (QED) is 0.376. The minimum atomic E-state index is -3.90. The molecule has 2 heterocycles. The predicted molar refractivity (Wildman–Crippen MR) is 129 cm³/mol. The normalized spacial score (nSPS) is 11.5. The second-order valence-corrected chi connectivity index (χ2v) is 10.3. The number of nitrogens with zero attached hydrogens (tertiary/aromatic N) is 2. The third-order valence-electron chi connectivity index (χ3n) is 5.04. The minimum absolute atomic E-state index is 0.136. The molecule has 0 saturated heterocycles. The number of thiophene rings is 1. The van der Waals surface area contributed by atoms with Crippen molar-refractivity contribution in [3.05, 3.63) is 76.3 Å². The fourth-order valence-corrected chi connectivity index (χ4v) is 4.95. The first kappa shape index (κ1) is 23.6. The van der Waals surface area contributed by atoms with Crippen LogP contribution in [-0.4, -0.2) is 36.7 Å². The molecule has 3 N–H and O–H groups in total. The molecule has 0 unspecified atom stereocenters. The first-order valence-electron chi connectivity index (χ1n) is 10.2. The average molecular weight is 499 g/mol. The van der Waals surface area contributed by atoms with Gasteiger partial charge in [-0.1, -0.05) is 35.9 Å². The van der Waals surface area contributed by atoms with Crippen LogP contribution in [0.2, 0.25) is 0 Å². The maximum absolute atomic E-state index is 12.6. The number of benzene rings is 2. The van der Waals surface area contributed by atoms with Gasteiger partial charge in [-0.15, -0.1) is 11.3 Å². The number of aryl methyl sites for hydroxylation is 2. The van der Waals surface area contributed by atoms with Crippen LogP contribution in [0.5, 0.6) is 0 Å². The van der Waals surface area contributed by atoms with E-state index in [1.54, 1.807) is 6.07 Å². The van der Waals surface area contributed by atoms with Gasteiger partial charge in [0.2, 0.25) is 10.0 Å². The van der Waals surface area contributed by atoms with Crippen LogP contribution in [0.25, 0.3) is 10.2 Å². The number of ether oxygens (including phenoxy) is 1. The van der Waals surface area contributed by atoms with Gasteiger partial charge < -0.3 is 10.1 Å². The van der Waals surface area contributed by atoms with Crippen LogP contribution < -0.4 is 10.5 Å². The van der Waals surface area contributed by atoms with Gasteiger partial charge in [0.1, 0.15) is 9.71 Å². The van der Waals surface area contributed by atoms with Gasteiger partial charge in [0.25, 0.3) is 5.91 Å². The molecule has 0 radical (unpaired) electrons. The summed E-state index contributed by atoms with van der Waals surface area (Å²) in [5.41, 5.74) is 3.29. The SMILES string of the molecule is Cc1ccc(Cn2nc(C)c3cc(C(=O)OCC(=O)Nc4cccc(S(N)(=O)=O)c4)sc32)cc1. The first-order chi connectivity index (χ1) is 16.1. The van der Waals surface area contributed by atoms with Crippen LogP contribution in [0.15, 0.2) is 59.5 Å². The van der Waals surface area contributed by atoms with E-state index in [4.69, 9.17) is 9.88 Å². The summed E-state index contributed by atoms with van der Waals surface area (Å²) in [6.45, 7) is 3.94. The molecule has 1 amide bonds. The van der Waals surface area contributed by atoms with Crippen molar-refractivity contribution in [1.29, 1.82) is 0 Å². The van der Waals surface area contributed by atoms with Crippen molar-refractivity contribution in [2.24, 2.45) is 5.14 Å². The van der Waals surface area contributed by atoms with Crippen molar-refractivity contribution >= 4 is 49.1 Å². The standard InChI is InChI=1S/C23H22N4O5S2/c1-14-6-8-16(9-7-14)12-27-22-19(15(2)26-27)11-20(33-22)23(29)32-13-21(28)25-17-4-3-5-18(10-17)34(24,30)31/h3-11H,12-13H2,1-2H3,(H,25,28)(H2,24,30,31). The van der Waals surface area contributed by atoms with E-state index in [0.29, 0.717) is 11.4 Å². The number of nitrogens with one attached hydrogen (secondary N) is 1. The maximum atomic E-state index is 12.6. The Bertz CT molecular complexity index is 1490. The first-order valence-corrected chi connectivity index (χ1v) is 12.6. The van der Waals surface area contributed by atoms with Gasteiger partial charge in [-0.3, -0.25) is 9.48 Å². The lowest BCUT2D eigenvalue weighted by Crippen LogP contribution is -2.21. The second kappa shape index (κ2) is 9.37. The molecule has 9 nitrogen and oxygen atoms in total. The molecule has 11 heteroatoms. The van der Waals surface area contributed by atoms with E-state index >= 15 is 0 Å². The summed E-state index contributed by atoms with van der Waals surface area (Å²) in [5, 5.41) is 13.0. The topological polar surface area (TPSA) is 133 Å². The minimum Gasteiger partial charge on any atom is -0.451 e. The lowest BCUT2D eigenvalue weighted by molar-refractivity contribution is -0.119. The Kier molecular flexibility index (Phi) is 6.51. The Morgan fingerprint density at radius 1 is 1.12 bits per heavy atom. The number of carbonyl (C=O) groups excluding carboxylic acids is 2. The van der Waals surface area contributed by atoms with Crippen LogP contribution in [0.4, 0.5) is 5.69 Å². The number of fused-ring (bicyclic) bond motifs is 1. The highest BCUT2D eigenvalue weighted by Crippen LogP contribution is 2.29. The molecule has 0 fully saturated rings. The molecule has 2 aromatic carbocycles. The van der Waals surface area contributed by atoms with Gasteiger partial charge in [0.05, 0.1) is 17.1 Å². The van der Waals surface area contributed by atoms with E-state index in [9.17, 15) is 18.0 Å². The lowest BCUT2D eigenvalue weighted by atomic mass is 10.1. The van der Waals surface area contributed by atoms with Crippen molar-refractivity contribution in [2.75, 3.05) is 11.9 Å². The summed E-state index contributed by atoms with van der Waals surface area (Å²) < 4.78 is 29.9. The Hall–Kier alpha value is -3.54. The third kappa shape index (κ3) is 5.33. The molecule has 4 rings (SSSR count). The number of nitrogens with two attached hydrogens (primary N) is 1. The Morgan fingerprint density at radius 2 is 1.85 bits per heavy atom. The van der Waals surface area contributed by atoms with Crippen LogP contribution in [-0.2, 0) is 26.1 Å². The number of aromatic nitrogens is 2. The largest absolute Gasteiger partial charge is 0.451 e. The molecular weight excluding hydrogens is 476 g/mol. The van der Waals surface area contributed by atoms with E-state index in [1.165, 1.54) is 41.2 Å². The highest BCUT2D eigenvalue weighted by molar-refractivity contribution is 7.89. The van der Waals surface area contributed by atoms with Crippen molar-refractivity contribution in [2.45, 2.75) is 25.3 Å². The summed E-state index contributed by atoms with van der Waals surface area (Å²) in [4.78, 5) is 25.8. The monoisotopic (exact) mass is 498 g/mol. The lowest BCUT2D eigenvalue weighted by Gasteiger charge is -2.07. The second-order valence-electron chi connectivity index (χ2n) is 7.76. The molecule has 176 valence electrons. The smallest absolute Gasteiger partial charge is 0.348 e. The number of rotatable bonds is 7. The molecule has 2 aromatic heterocycles. The number of carbonyl (C=O) groups is 2. The van der Waals surface area contributed by atoms with Gasteiger partial charge in [0, 0.05) is 11.1 Å². The number of primary sulfonamides is 1. The zero-order chi connectivity index (χ0) is 24.5. The highest BCUT2D eigenvalue weighted by atomic mass is 32.2. The van der Waals surface area contributed by atoms with E-state index in [2.05, 4.69) is 10.4 Å². The van der Waals surface area contributed by atoms with Gasteiger partial charge >= 0.3 is 5.97 Å². The zero-order valence-electron chi connectivity index (χ0n) is 18.4. The number of sulfonamides is 1. The van der Waals surface area contributed by atoms with E-state index in [1.807, 2.05) is 42.8 Å². The number of anilines is 1. The fraction of sp³-hybridized carbons (Fsp3) is 0.174. The van der Waals surface area contributed by atoms with Crippen LogP contribution >= 0.6 is 11.3 Å². The Morgan fingerprint density at radius 3 is 2.56 bits per heavy atom. The van der Waals surface area contributed by atoms with Gasteiger partial charge in [0.15, 0.2) is 6.61 Å². The zero-order valence-corrected chi connectivity index (χ0v) is 20.1. The maximum Gasteiger partial charge on any atom is 0.348 e. The highest BCUT2D eigenvalue weighted by Gasteiger charge is 2.19. The van der Waals surface area contributed by atoms with Gasteiger partial charge in [-0.2, -0.15) is 5.10 Å². The van der Waals surface area contributed by atoms with Gasteiger partial charge in [-0.25, -0.2) is 18.4 Å². The molecule has 0 bridgehead atoms. The summed E-state index contributed by atoms with van der Waals surface area (Å²) in [6.07, 6.45) is 0. The van der Waals surface area contributed by atoms with Crippen molar-refractivity contribution in [3.8, 4) is 0 Å². The number of hydrogen-bond acceptors (Lipinski definition) is 7. The molecular formula is C23H22N4O5S2. The van der Waals surface area contributed by atoms with Crippen LogP contribution in [0.3, 0.4) is 0 Å². The van der Waals surface area contributed by atoms with E-state index in [0.717, 1.165) is 21.5 Å². The summed E-state index contributed by atoms with van der Waals surface area (Å²) in [6, 6.07) is 15.4. The van der Waals surface area contributed by atoms with E-state index in [-0.39, 0.29) is 10.6 Å². The Balaban J connectivity index is 1.42. The molecule has 0 spiro atoms. The summed E-state index contributed by atoms with van der Waals surface area (Å²) in [5.74, 6) is -1.24. The third-order valence-corrected chi connectivity index (χ3v) is 7.08. The number of amides is 1. The molecule has 34 heavy (non-hydrogen) atoms.